The summed E-state index contributed by atoms with van der Waals surface area (Å²) in [7, 11) is 0. The maximum absolute atomic E-state index is 12.5. The van der Waals surface area contributed by atoms with E-state index in [1.807, 2.05) is 32.9 Å². The Morgan fingerprint density at radius 3 is 2.80 bits per heavy atom. The molecule has 2 aromatic rings. The van der Waals surface area contributed by atoms with Gasteiger partial charge in [0, 0.05) is 23.1 Å². The quantitative estimate of drug-likeness (QED) is 0.928. The molecule has 1 heterocycles. The van der Waals surface area contributed by atoms with Crippen LogP contribution in [0.1, 0.15) is 31.5 Å². The van der Waals surface area contributed by atoms with Crippen molar-refractivity contribution in [3.05, 3.63) is 39.7 Å². The zero-order valence-electron chi connectivity index (χ0n) is 12.0. The number of aromatic nitrogens is 1. The Bertz CT molecular complexity index is 724. The summed E-state index contributed by atoms with van der Waals surface area (Å²) in [5, 5.41) is 9.30. The summed E-state index contributed by atoms with van der Waals surface area (Å²) in [6.07, 6.45) is 0.864. The second kappa shape index (κ2) is 5.79. The first-order valence-corrected chi connectivity index (χ1v) is 6.72. The van der Waals surface area contributed by atoms with Gasteiger partial charge in [-0.25, -0.2) is 0 Å². The molecular weight excluding hydrogens is 252 g/mol. The van der Waals surface area contributed by atoms with Crippen LogP contribution in [0.4, 0.5) is 0 Å². The summed E-state index contributed by atoms with van der Waals surface area (Å²) in [6.45, 7) is 5.76. The fourth-order valence-corrected chi connectivity index (χ4v) is 2.28. The van der Waals surface area contributed by atoms with Gasteiger partial charge in [0.15, 0.2) is 5.43 Å². The summed E-state index contributed by atoms with van der Waals surface area (Å²) in [6, 6.07) is 7.54. The molecule has 2 rings (SSSR count). The fourth-order valence-electron chi connectivity index (χ4n) is 2.28. The van der Waals surface area contributed by atoms with E-state index in [1.165, 1.54) is 0 Å². The fraction of sp³-hybridized carbons (Fsp3) is 0.375. The lowest BCUT2D eigenvalue weighted by Crippen LogP contribution is -2.14. The Balaban J connectivity index is 2.64. The highest BCUT2D eigenvalue weighted by molar-refractivity contribution is 5.85. The minimum Gasteiger partial charge on any atom is -0.489 e. The van der Waals surface area contributed by atoms with Gasteiger partial charge in [-0.2, -0.15) is 5.26 Å². The SMILES string of the molecule is Cc1[nH]c2c(OC(C)C)cccc2c(=O)c1CCC#N. The van der Waals surface area contributed by atoms with Gasteiger partial charge in [0.2, 0.25) is 0 Å². The van der Waals surface area contributed by atoms with Crippen LogP contribution in [0, 0.1) is 18.3 Å². The minimum absolute atomic E-state index is 0.0132. The summed E-state index contributed by atoms with van der Waals surface area (Å²) < 4.78 is 5.74. The molecule has 104 valence electrons. The number of aromatic amines is 1. The number of para-hydroxylation sites is 1. The van der Waals surface area contributed by atoms with E-state index in [1.54, 1.807) is 6.07 Å². The van der Waals surface area contributed by atoms with E-state index in [4.69, 9.17) is 10.00 Å². The van der Waals surface area contributed by atoms with E-state index in [-0.39, 0.29) is 11.5 Å². The maximum Gasteiger partial charge on any atom is 0.193 e. The van der Waals surface area contributed by atoms with E-state index in [0.29, 0.717) is 29.5 Å². The van der Waals surface area contributed by atoms with E-state index in [2.05, 4.69) is 11.1 Å². The van der Waals surface area contributed by atoms with Crippen LogP contribution >= 0.6 is 0 Å². The third-order valence-corrected chi connectivity index (χ3v) is 3.16. The second-order valence-electron chi connectivity index (χ2n) is 5.06. The number of nitriles is 1. The van der Waals surface area contributed by atoms with Gasteiger partial charge in [0.1, 0.15) is 5.75 Å². The van der Waals surface area contributed by atoms with Crippen LogP contribution in [0.2, 0.25) is 0 Å². The number of aryl methyl sites for hydroxylation is 1. The summed E-state index contributed by atoms with van der Waals surface area (Å²) in [5.41, 5.74) is 2.20. The van der Waals surface area contributed by atoms with Crippen LogP contribution in [0.15, 0.2) is 23.0 Å². The molecule has 0 spiro atoms. The lowest BCUT2D eigenvalue weighted by atomic mass is 10.0. The van der Waals surface area contributed by atoms with Crippen LogP contribution in [0.25, 0.3) is 10.9 Å². The van der Waals surface area contributed by atoms with Crippen LogP contribution in [0.5, 0.6) is 5.75 Å². The molecule has 20 heavy (non-hydrogen) atoms. The van der Waals surface area contributed by atoms with Crippen molar-refractivity contribution in [2.75, 3.05) is 0 Å². The molecule has 0 atom stereocenters. The van der Waals surface area contributed by atoms with Crippen molar-refractivity contribution in [1.29, 1.82) is 5.26 Å². The molecule has 1 aromatic heterocycles. The Kier molecular flexibility index (Phi) is 4.09. The normalized spacial score (nSPS) is 10.8. The highest BCUT2D eigenvalue weighted by atomic mass is 16.5. The molecule has 4 heteroatoms. The zero-order valence-corrected chi connectivity index (χ0v) is 12.0. The lowest BCUT2D eigenvalue weighted by Gasteiger charge is -2.14. The monoisotopic (exact) mass is 270 g/mol. The number of fused-ring (bicyclic) bond motifs is 1. The zero-order chi connectivity index (χ0) is 14.7. The average Bonchev–Trinajstić information content (AvgIpc) is 2.39. The van der Waals surface area contributed by atoms with Gasteiger partial charge < -0.3 is 9.72 Å². The van der Waals surface area contributed by atoms with Crippen LogP contribution in [0.3, 0.4) is 0 Å². The number of benzene rings is 1. The van der Waals surface area contributed by atoms with Gasteiger partial charge in [-0.1, -0.05) is 6.07 Å². The molecule has 0 bridgehead atoms. The Labute approximate surface area is 118 Å². The summed E-state index contributed by atoms with van der Waals surface area (Å²) in [5.74, 6) is 0.685. The van der Waals surface area contributed by atoms with Crippen molar-refractivity contribution in [2.45, 2.75) is 39.7 Å². The number of pyridine rings is 1. The molecule has 0 aliphatic carbocycles. The maximum atomic E-state index is 12.5. The molecule has 1 aromatic carbocycles. The van der Waals surface area contributed by atoms with Gasteiger partial charge in [0.25, 0.3) is 0 Å². The lowest BCUT2D eigenvalue weighted by molar-refractivity contribution is 0.245. The van der Waals surface area contributed by atoms with Crippen LogP contribution in [-0.4, -0.2) is 11.1 Å². The molecule has 1 N–H and O–H groups in total. The van der Waals surface area contributed by atoms with Gasteiger partial charge in [0.05, 0.1) is 17.7 Å². The molecule has 0 amide bonds. The topological polar surface area (TPSA) is 65.9 Å². The first kappa shape index (κ1) is 14.1. The highest BCUT2D eigenvalue weighted by Gasteiger charge is 2.12. The molecule has 0 saturated carbocycles. The number of nitrogens with zero attached hydrogens (tertiary/aromatic N) is 1. The Hall–Kier alpha value is -2.28. The average molecular weight is 270 g/mol. The van der Waals surface area contributed by atoms with Crippen molar-refractivity contribution in [1.82, 2.24) is 4.98 Å². The predicted molar refractivity (Wildman–Crippen MR) is 79.0 cm³/mol. The van der Waals surface area contributed by atoms with Crippen molar-refractivity contribution in [3.8, 4) is 11.8 Å². The van der Waals surface area contributed by atoms with E-state index < -0.39 is 0 Å². The van der Waals surface area contributed by atoms with Gasteiger partial charge >= 0.3 is 0 Å². The first-order valence-electron chi connectivity index (χ1n) is 6.72. The third-order valence-electron chi connectivity index (χ3n) is 3.16. The number of ether oxygens (including phenoxy) is 1. The molecule has 0 fully saturated rings. The van der Waals surface area contributed by atoms with Gasteiger partial charge in [-0.3, -0.25) is 4.79 Å². The van der Waals surface area contributed by atoms with Gasteiger partial charge in [-0.15, -0.1) is 0 Å². The smallest absolute Gasteiger partial charge is 0.193 e. The molecular formula is C16H18N2O2. The third kappa shape index (κ3) is 2.67. The Morgan fingerprint density at radius 1 is 1.40 bits per heavy atom. The van der Waals surface area contributed by atoms with E-state index >= 15 is 0 Å². The summed E-state index contributed by atoms with van der Waals surface area (Å²) >= 11 is 0. The van der Waals surface area contributed by atoms with Crippen molar-refractivity contribution < 1.29 is 4.74 Å². The molecule has 0 aliphatic heterocycles. The number of rotatable bonds is 4. The molecule has 0 radical (unpaired) electrons. The van der Waals surface area contributed by atoms with E-state index in [0.717, 1.165) is 11.2 Å². The van der Waals surface area contributed by atoms with Crippen LogP contribution in [-0.2, 0) is 6.42 Å². The standard InChI is InChI=1S/C16H18N2O2/c1-10(2)20-14-8-4-6-13-15(14)18-11(3)12(16(13)19)7-5-9-17/h4,6,8,10H,5,7H2,1-3H3,(H,18,19). The summed E-state index contributed by atoms with van der Waals surface area (Å²) in [4.78, 5) is 15.8. The molecule has 0 saturated heterocycles. The number of hydrogen-bond donors (Lipinski definition) is 1. The minimum atomic E-state index is -0.0132. The number of hydrogen-bond acceptors (Lipinski definition) is 3. The molecule has 0 aliphatic rings. The molecule has 0 unspecified atom stereocenters. The second-order valence-corrected chi connectivity index (χ2v) is 5.06. The van der Waals surface area contributed by atoms with Crippen molar-refractivity contribution in [3.63, 3.8) is 0 Å². The Morgan fingerprint density at radius 2 is 2.15 bits per heavy atom. The first-order chi connectivity index (χ1) is 9.54. The number of H-pyrrole nitrogens is 1. The predicted octanol–water partition coefficient (Wildman–Crippen LogP) is 3.08. The van der Waals surface area contributed by atoms with Crippen molar-refractivity contribution in [2.24, 2.45) is 0 Å². The largest absolute Gasteiger partial charge is 0.489 e. The van der Waals surface area contributed by atoms with E-state index in [9.17, 15) is 4.79 Å². The van der Waals surface area contributed by atoms with Crippen molar-refractivity contribution >= 4 is 10.9 Å². The van der Waals surface area contributed by atoms with Gasteiger partial charge in [-0.05, 0) is 39.3 Å². The molecule has 4 nitrogen and oxygen atoms in total. The highest BCUT2D eigenvalue weighted by Crippen LogP contribution is 2.24. The van der Waals surface area contributed by atoms with Crippen LogP contribution < -0.4 is 10.2 Å². The number of nitrogens with one attached hydrogen (secondary N) is 1.